The lowest BCUT2D eigenvalue weighted by molar-refractivity contribution is -0.125. The zero-order valence-electron chi connectivity index (χ0n) is 15.6. The highest BCUT2D eigenvalue weighted by atomic mass is 16.2. The maximum Gasteiger partial charge on any atom is 0.298 e. The van der Waals surface area contributed by atoms with Crippen LogP contribution in [0.15, 0.2) is 42.7 Å². The largest absolute Gasteiger partial charge is 0.337 e. The summed E-state index contributed by atoms with van der Waals surface area (Å²) in [5.41, 5.74) is 2.24. The topological polar surface area (TPSA) is 49.3 Å². The molecule has 0 radical (unpaired) electrons. The zero-order valence-corrected chi connectivity index (χ0v) is 15.6. The van der Waals surface area contributed by atoms with Crippen LogP contribution >= 0.6 is 0 Å². The molecule has 0 atom stereocenters. The molecule has 1 aliphatic heterocycles. The fraction of sp³-hybridized carbons (Fsp3) is 0.381. The Morgan fingerprint density at radius 2 is 1.62 bits per heavy atom. The van der Waals surface area contributed by atoms with Crippen molar-refractivity contribution in [1.82, 2.24) is 14.9 Å². The van der Waals surface area contributed by atoms with E-state index in [2.05, 4.69) is 59.6 Å². The van der Waals surface area contributed by atoms with E-state index >= 15 is 0 Å². The van der Waals surface area contributed by atoms with Gasteiger partial charge in [0.25, 0.3) is 5.91 Å². The molecule has 1 aromatic heterocycles. The number of hydrogen-bond donors (Lipinski definition) is 0. The van der Waals surface area contributed by atoms with Crippen LogP contribution in [0.25, 0.3) is 0 Å². The Hall–Kier alpha value is -2.87. The van der Waals surface area contributed by atoms with Gasteiger partial charge in [0.05, 0.1) is 0 Å². The van der Waals surface area contributed by atoms with Crippen molar-refractivity contribution in [3.63, 3.8) is 0 Å². The highest BCUT2D eigenvalue weighted by molar-refractivity contribution is 5.94. The summed E-state index contributed by atoms with van der Waals surface area (Å²) < 4.78 is 0. The Balaban J connectivity index is 1.57. The van der Waals surface area contributed by atoms with E-state index in [0.717, 1.165) is 18.7 Å². The van der Waals surface area contributed by atoms with E-state index in [4.69, 9.17) is 0 Å². The molecule has 5 nitrogen and oxygen atoms in total. The molecule has 2 aromatic rings. The van der Waals surface area contributed by atoms with Gasteiger partial charge in [-0.3, -0.25) is 4.79 Å². The summed E-state index contributed by atoms with van der Waals surface area (Å²) in [4.78, 5) is 24.7. The predicted molar refractivity (Wildman–Crippen MR) is 103 cm³/mol. The lowest BCUT2D eigenvalue weighted by atomic mass is 9.87. The van der Waals surface area contributed by atoms with Gasteiger partial charge in [-0.25, -0.2) is 9.97 Å². The van der Waals surface area contributed by atoms with E-state index < -0.39 is 0 Å². The van der Waals surface area contributed by atoms with Crippen molar-refractivity contribution in [1.29, 1.82) is 0 Å². The zero-order chi connectivity index (χ0) is 18.6. The molecular formula is C21H24N4O. The fourth-order valence-corrected chi connectivity index (χ4v) is 2.82. The number of nitrogens with zero attached hydrogens (tertiary/aromatic N) is 4. The monoisotopic (exact) mass is 348 g/mol. The van der Waals surface area contributed by atoms with Gasteiger partial charge < -0.3 is 9.80 Å². The number of rotatable bonds is 1. The number of hydrogen-bond acceptors (Lipinski definition) is 4. The molecule has 1 amide bonds. The second-order valence-corrected chi connectivity index (χ2v) is 7.41. The van der Waals surface area contributed by atoms with Gasteiger partial charge in [0.1, 0.15) is 0 Å². The van der Waals surface area contributed by atoms with Crippen molar-refractivity contribution >= 4 is 11.9 Å². The Kier molecular flexibility index (Phi) is 5.22. The molecule has 2 heterocycles. The molecule has 0 aliphatic carbocycles. The van der Waals surface area contributed by atoms with Crippen molar-refractivity contribution in [2.24, 2.45) is 0 Å². The summed E-state index contributed by atoms with van der Waals surface area (Å²) in [5.74, 6) is 6.34. The number of aromatic nitrogens is 2. The second-order valence-electron chi connectivity index (χ2n) is 7.41. The average molecular weight is 348 g/mol. The van der Waals surface area contributed by atoms with Crippen molar-refractivity contribution < 1.29 is 4.79 Å². The molecule has 0 bridgehead atoms. The SMILES string of the molecule is CC(C)(C)c1ccc(C#CC(=O)N2CCN(c3ncccn3)CC2)cc1. The van der Waals surface area contributed by atoms with E-state index in [0.29, 0.717) is 19.0 Å². The number of carbonyl (C=O) groups excluding carboxylic acids is 1. The summed E-state index contributed by atoms with van der Waals surface area (Å²) in [6.07, 6.45) is 3.46. The molecular weight excluding hydrogens is 324 g/mol. The van der Waals surface area contributed by atoms with Gasteiger partial charge in [0, 0.05) is 50.1 Å². The third-order valence-corrected chi connectivity index (χ3v) is 4.47. The Morgan fingerprint density at radius 1 is 1.00 bits per heavy atom. The fourth-order valence-electron chi connectivity index (χ4n) is 2.82. The van der Waals surface area contributed by atoms with E-state index in [-0.39, 0.29) is 11.3 Å². The Labute approximate surface area is 155 Å². The predicted octanol–water partition coefficient (Wildman–Crippen LogP) is 2.47. The molecule has 1 fully saturated rings. The minimum atomic E-state index is -0.126. The molecule has 0 spiro atoms. The van der Waals surface area contributed by atoms with Crippen LogP contribution < -0.4 is 4.90 Å². The van der Waals surface area contributed by atoms with Crippen LogP contribution in [0.4, 0.5) is 5.95 Å². The quantitative estimate of drug-likeness (QED) is 0.743. The molecule has 1 saturated heterocycles. The van der Waals surface area contributed by atoms with Gasteiger partial charge in [0.2, 0.25) is 5.95 Å². The van der Waals surface area contributed by atoms with E-state index in [9.17, 15) is 4.79 Å². The summed E-state index contributed by atoms with van der Waals surface area (Å²) in [7, 11) is 0. The number of anilines is 1. The highest BCUT2D eigenvalue weighted by Gasteiger charge is 2.21. The van der Waals surface area contributed by atoms with Crippen LogP contribution in [0.3, 0.4) is 0 Å². The Bertz CT molecular complexity index is 805. The average Bonchev–Trinajstić information content (AvgIpc) is 2.66. The maximum atomic E-state index is 12.3. The Morgan fingerprint density at radius 3 is 2.19 bits per heavy atom. The molecule has 134 valence electrons. The number of piperazine rings is 1. The van der Waals surface area contributed by atoms with Crippen molar-refractivity contribution in [2.45, 2.75) is 26.2 Å². The van der Waals surface area contributed by atoms with Crippen LogP contribution in [-0.2, 0) is 10.2 Å². The molecule has 1 aromatic carbocycles. The van der Waals surface area contributed by atoms with Gasteiger partial charge in [-0.05, 0) is 29.2 Å². The molecule has 0 N–H and O–H groups in total. The lowest BCUT2D eigenvalue weighted by Gasteiger charge is -2.33. The van der Waals surface area contributed by atoms with Crippen LogP contribution in [0, 0.1) is 11.8 Å². The first kappa shape index (κ1) is 17.9. The first-order valence-electron chi connectivity index (χ1n) is 8.87. The lowest BCUT2D eigenvalue weighted by Crippen LogP contribution is -2.49. The molecule has 0 unspecified atom stereocenters. The van der Waals surface area contributed by atoms with Gasteiger partial charge in [-0.1, -0.05) is 38.8 Å². The van der Waals surface area contributed by atoms with Crippen LogP contribution in [0.5, 0.6) is 0 Å². The summed E-state index contributed by atoms with van der Waals surface area (Å²) in [6, 6.07) is 9.91. The van der Waals surface area contributed by atoms with E-state index in [1.165, 1.54) is 5.56 Å². The maximum absolute atomic E-state index is 12.3. The summed E-state index contributed by atoms with van der Waals surface area (Å²) in [5, 5.41) is 0. The highest BCUT2D eigenvalue weighted by Crippen LogP contribution is 2.21. The van der Waals surface area contributed by atoms with Crippen molar-refractivity contribution in [3.8, 4) is 11.8 Å². The second kappa shape index (κ2) is 7.57. The van der Waals surface area contributed by atoms with Gasteiger partial charge in [-0.2, -0.15) is 0 Å². The van der Waals surface area contributed by atoms with Crippen molar-refractivity contribution in [2.75, 3.05) is 31.1 Å². The third kappa shape index (κ3) is 4.40. The normalized spacial score (nSPS) is 14.6. The van der Waals surface area contributed by atoms with Gasteiger partial charge in [-0.15, -0.1) is 0 Å². The van der Waals surface area contributed by atoms with Crippen LogP contribution in [0.2, 0.25) is 0 Å². The van der Waals surface area contributed by atoms with Crippen LogP contribution in [-0.4, -0.2) is 47.0 Å². The number of amides is 1. The molecule has 0 saturated carbocycles. The van der Waals surface area contributed by atoms with Crippen LogP contribution in [0.1, 0.15) is 31.9 Å². The minimum Gasteiger partial charge on any atom is -0.337 e. The van der Waals surface area contributed by atoms with E-state index in [1.807, 2.05) is 12.1 Å². The smallest absolute Gasteiger partial charge is 0.298 e. The van der Waals surface area contributed by atoms with E-state index in [1.54, 1.807) is 23.4 Å². The van der Waals surface area contributed by atoms with Gasteiger partial charge >= 0.3 is 0 Å². The van der Waals surface area contributed by atoms with Crippen molar-refractivity contribution in [3.05, 3.63) is 53.9 Å². The first-order chi connectivity index (χ1) is 12.4. The molecule has 26 heavy (non-hydrogen) atoms. The molecule has 1 aliphatic rings. The number of benzene rings is 1. The summed E-state index contributed by atoms with van der Waals surface area (Å²) >= 11 is 0. The number of carbonyl (C=O) groups is 1. The first-order valence-corrected chi connectivity index (χ1v) is 8.87. The summed E-state index contributed by atoms with van der Waals surface area (Å²) in [6.45, 7) is 9.24. The molecule has 3 rings (SSSR count). The standard InChI is InChI=1S/C21H24N4O/c1-21(2,3)18-8-5-17(6-9-18)7-10-19(26)24-13-15-25(16-14-24)20-22-11-4-12-23-20/h4-6,8-9,11-12H,13-16H2,1-3H3. The van der Waals surface area contributed by atoms with Gasteiger partial charge in [0.15, 0.2) is 0 Å². The minimum absolute atomic E-state index is 0.115. The third-order valence-electron chi connectivity index (χ3n) is 4.47. The molecule has 5 heteroatoms.